The van der Waals surface area contributed by atoms with Crippen LogP contribution in [0.4, 0.5) is 16.8 Å². The highest BCUT2D eigenvalue weighted by Crippen LogP contribution is 2.32. The fourth-order valence-electron chi connectivity index (χ4n) is 4.19. The topological polar surface area (TPSA) is 119 Å². The molecule has 1 atom stereocenters. The Morgan fingerprint density at radius 2 is 2.18 bits per heavy atom. The van der Waals surface area contributed by atoms with Crippen molar-refractivity contribution in [3.05, 3.63) is 47.9 Å². The summed E-state index contributed by atoms with van der Waals surface area (Å²) in [5.74, 6) is 0.412. The minimum Gasteiger partial charge on any atom is -0.394 e. The third-order valence-corrected chi connectivity index (χ3v) is 7.05. The predicted octanol–water partition coefficient (Wildman–Crippen LogP) is 3.77. The lowest BCUT2D eigenvalue weighted by atomic mass is 10.2. The number of amides is 1. The highest BCUT2D eigenvalue weighted by Gasteiger charge is 2.29. The number of hydrogen-bond donors (Lipinski definition) is 4. The summed E-state index contributed by atoms with van der Waals surface area (Å²) >= 11 is 1.55. The fourth-order valence-corrected chi connectivity index (χ4v) is 5.08. The number of rotatable bonds is 6. The molecule has 0 bridgehead atoms. The molecular weight excluding hydrogens is 438 g/mol. The highest BCUT2D eigenvalue weighted by atomic mass is 32.1. The number of hydrogen-bond acceptors (Lipinski definition) is 8. The molecule has 9 nitrogen and oxygen atoms in total. The quantitative estimate of drug-likeness (QED) is 0.344. The monoisotopic (exact) mass is 463 g/mol. The van der Waals surface area contributed by atoms with Crippen LogP contribution in [0.5, 0.6) is 0 Å². The molecule has 0 radical (unpaired) electrons. The summed E-state index contributed by atoms with van der Waals surface area (Å²) in [6.07, 6.45) is 3.48. The summed E-state index contributed by atoms with van der Waals surface area (Å²) in [6.45, 7) is 2.64. The number of H-pyrrole nitrogens is 1. The fraction of sp³-hybridized carbons (Fsp3) is 0.304. The number of nitrogens with zero attached hydrogens (tertiary/aromatic N) is 4. The van der Waals surface area contributed by atoms with Crippen molar-refractivity contribution >= 4 is 44.9 Å². The van der Waals surface area contributed by atoms with Gasteiger partial charge in [-0.3, -0.25) is 4.79 Å². The van der Waals surface area contributed by atoms with Crippen molar-refractivity contribution in [3.63, 3.8) is 0 Å². The summed E-state index contributed by atoms with van der Waals surface area (Å²) in [4.78, 5) is 32.4. The van der Waals surface area contributed by atoms with Crippen molar-refractivity contribution in [2.75, 3.05) is 30.8 Å². The maximum absolute atomic E-state index is 12.9. The van der Waals surface area contributed by atoms with Gasteiger partial charge in [-0.05, 0) is 50.1 Å². The summed E-state index contributed by atoms with van der Waals surface area (Å²) in [7, 11) is 1.85. The minimum atomic E-state index is -0.100. The van der Waals surface area contributed by atoms with Crippen LogP contribution in [0, 0.1) is 6.92 Å². The average Bonchev–Trinajstić information content (AvgIpc) is 3.56. The normalized spacial score (nSPS) is 15.8. The molecule has 0 unspecified atom stereocenters. The number of aryl methyl sites for hydroxylation is 1. The molecule has 3 aromatic heterocycles. The Bertz CT molecular complexity index is 1320. The van der Waals surface area contributed by atoms with Crippen LogP contribution in [0.25, 0.3) is 21.5 Å². The Balaban J connectivity index is 1.38. The number of fused-ring (bicyclic) bond motifs is 1. The zero-order valence-corrected chi connectivity index (χ0v) is 19.2. The summed E-state index contributed by atoms with van der Waals surface area (Å²) in [5, 5.41) is 17.6. The first-order chi connectivity index (χ1) is 16.1. The molecule has 1 aromatic carbocycles. The van der Waals surface area contributed by atoms with Crippen LogP contribution in [-0.4, -0.2) is 62.1 Å². The standard InChI is InChI=1S/C23H25N7O2S/c1-13-20(33-23(24-2)26-13)18-7-8-25-22(29-18)27-15-5-6-17-14(10-15)11-19(28-17)21(32)30-9-3-4-16(30)12-31/h5-8,10-11,16,28,31H,3-4,9,12H2,1-2H3,(H,24,26)(H,25,27,29)/t16-/m0/s1. The van der Waals surface area contributed by atoms with E-state index in [-0.39, 0.29) is 18.6 Å². The molecule has 4 N–H and O–H groups in total. The molecule has 1 aliphatic heterocycles. The van der Waals surface area contributed by atoms with Crippen LogP contribution < -0.4 is 10.6 Å². The van der Waals surface area contributed by atoms with Crippen LogP contribution >= 0.6 is 11.3 Å². The number of likely N-dealkylation sites (tertiary alicyclic amines) is 1. The largest absolute Gasteiger partial charge is 0.394 e. The molecule has 0 aliphatic carbocycles. The van der Waals surface area contributed by atoms with E-state index in [1.807, 2.05) is 44.3 Å². The summed E-state index contributed by atoms with van der Waals surface area (Å²) in [5.41, 5.74) is 3.95. The molecule has 1 fully saturated rings. The van der Waals surface area contributed by atoms with Gasteiger partial charge in [-0.1, -0.05) is 11.3 Å². The van der Waals surface area contributed by atoms with Crippen LogP contribution in [0.1, 0.15) is 29.0 Å². The van der Waals surface area contributed by atoms with E-state index < -0.39 is 0 Å². The maximum atomic E-state index is 12.9. The van der Waals surface area contributed by atoms with Gasteiger partial charge in [0.1, 0.15) is 5.69 Å². The van der Waals surface area contributed by atoms with E-state index in [9.17, 15) is 9.90 Å². The molecule has 4 aromatic rings. The van der Waals surface area contributed by atoms with E-state index in [2.05, 4.69) is 30.6 Å². The summed E-state index contributed by atoms with van der Waals surface area (Å²) in [6, 6.07) is 9.44. The molecule has 33 heavy (non-hydrogen) atoms. The first kappa shape index (κ1) is 21.4. The lowest BCUT2D eigenvalue weighted by Gasteiger charge is -2.22. The molecule has 4 heterocycles. The third kappa shape index (κ3) is 4.14. The van der Waals surface area contributed by atoms with E-state index in [4.69, 9.17) is 0 Å². The van der Waals surface area contributed by atoms with Gasteiger partial charge in [0.05, 0.1) is 28.9 Å². The van der Waals surface area contributed by atoms with Crippen LogP contribution in [0.2, 0.25) is 0 Å². The second kappa shape index (κ2) is 8.80. The molecule has 1 saturated heterocycles. The van der Waals surface area contributed by atoms with Crippen LogP contribution in [0.15, 0.2) is 36.5 Å². The first-order valence-corrected chi connectivity index (χ1v) is 11.7. The van der Waals surface area contributed by atoms with E-state index in [1.54, 1.807) is 22.4 Å². The molecule has 1 amide bonds. The molecule has 10 heteroatoms. The second-order valence-corrected chi connectivity index (χ2v) is 9.04. The van der Waals surface area contributed by atoms with E-state index in [0.29, 0.717) is 18.2 Å². The first-order valence-electron chi connectivity index (χ1n) is 10.9. The molecule has 1 aliphatic rings. The number of aromatic nitrogens is 4. The van der Waals surface area contributed by atoms with Gasteiger partial charge in [0.25, 0.3) is 5.91 Å². The smallest absolute Gasteiger partial charge is 0.270 e. The Kier molecular flexibility index (Phi) is 5.69. The zero-order chi connectivity index (χ0) is 22.9. The molecular formula is C23H25N7O2S. The number of aliphatic hydroxyl groups excluding tert-OH is 1. The SMILES string of the molecule is CNc1nc(C)c(-c2ccnc(Nc3ccc4[nH]c(C(=O)N5CCC[C@H]5CO)cc4c3)n2)s1. The van der Waals surface area contributed by atoms with Gasteiger partial charge in [-0.25, -0.2) is 15.0 Å². The number of aliphatic hydroxyl groups is 1. The van der Waals surface area contributed by atoms with Crippen LogP contribution in [-0.2, 0) is 0 Å². The summed E-state index contributed by atoms with van der Waals surface area (Å²) < 4.78 is 0. The van der Waals surface area contributed by atoms with Crippen molar-refractivity contribution in [2.45, 2.75) is 25.8 Å². The predicted molar refractivity (Wildman–Crippen MR) is 130 cm³/mol. The van der Waals surface area contributed by atoms with Gasteiger partial charge in [0.2, 0.25) is 5.95 Å². The lowest BCUT2D eigenvalue weighted by molar-refractivity contribution is 0.0672. The second-order valence-electron chi connectivity index (χ2n) is 8.04. The van der Waals surface area contributed by atoms with E-state index in [0.717, 1.165) is 50.8 Å². The van der Waals surface area contributed by atoms with Gasteiger partial charge in [0, 0.05) is 36.4 Å². The molecule has 0 spiro atoms. The van der Waals surface area contributed by atoms with Crippen molar-refractivity contribution in [1.82, 2.24) is 24.8 Å². The van der Waals surface area contributed by atoms with E-state index in [1.165, 1.54) is 0 Å². The molecule has 0 saturated carbocycles. The maximum Gasteiger partial charge on any atom is 0.270 e. The van der Waals surface area contributed by atoms with Crippen molar-refractivity contribution in [3.8, 4) is 10.6 Å². The molecule has 5 rings (SSSR count). The zero-order valence-electron chi connectivity index (χ0n) is 18.4. The molecule has 170 valence electrons. The van der Waals surface area contributed by atoms with Crippen molar-refractivity contribution in [2.24, 2.45) is 0 Å². The van der Waals surface area contributed by atoms with Gasteiger partial charge in [-0.15, -0.1) is 0 Å². The number of carbonyl (C=O) groups excluding carboxylic acids is 1. The van der Waals surface area contributed by atoms with Gasteiger partial charge < -0.3 is 25.6 Å². The van der Waals surface area contributed by atoms with Crippen molar-refractivity contribution < 1.29 is 9.90 Å². The number of aromatic amines is 1. The average molecular weight is 464 g/mol. The van der Waals surface area contributed by atoms with Gasteiger partial charge >= 0.3 is 0 Å². The number of thiazole rings is 1. The third-order valence-electron chi connectivity index (χ3n) is 5.85. The number of anilines is 3. The lowest BCUT2D eigenvalue weighted by Crippen LogP contribution is -2.37. The Labute approximate surface area is 194 Å². The Hall–Kier alpha value is -3.50. The van der Waals surface area contributed by atoms with Crippen molar-refractivity contribution in [1.29, 1.82) is 0 Å². The highest BCUT2D eigenvalue weighted by molar-refractivity contribution is 7.19. The number of carbonyl (C=O) groups is 1. The minimum absolute atomic E-state index is 0.00354. The van der Waals surface area contributed by atoms with Gasteiger partial charge in [0.15, 0.2) is 5.13 Å². The Morgan fingerprint density at radius 1 is 1.30 bits per heavy atom. The van der Waals surface area contributed by atoms with Gasteiger partial charge in [-0.2, -0.15) is 0 Å². The van der Waals surface area contributed by atoms with Crippen LogP contribution in [0.3, 0.4) is 0 Å². The van der Waals surface area contributed by atoms with E-state index >= 15 is 0 Å². The Morgan fingerprint density at radius 3 is 2.97 bits per heavy atom. The number of nitrogens with one attached hydrogen (secondary N) is 3. The number of benzene rings is 1.